The molecule has 1 heterocycles. The van der Waals surface area contributed by atoms with Gasteiger partial charge in [0, 0.05) is 40.2 Å². The van der Waals surface area contributed by atoms with Gasteiger partial charge in [-0.25, -0.2) is 0 Å². The van der Waals surface area contributed by atoms with E-state index in [4.69, 9.17) is 18.9 Å². The fourth-order valence-electron chi connectivity index (χ4n) is 2.72. The molecule has 8 nitrogen and oxygen atoms in total. The van der Waals surface area contributed by atoms with E-state index in [2.05, 4.69) is 0 Å². The molecule has 1 fully saturated rings. The Hall–Kier alpha value is -1.40. The first kappa shape index (κ1) is 19.6. The van der Waals surface area contributed by atoms with E-state index in [0.29, 0.717) is 0 Å². The summed E-state index contributed by atoms with van der Waals surface area (Å²) in [5.74, 6) is -2.96. The maximum atomic E-state index is 13.2. The molecule has 0 aromatic rings. The van der Waals surface area contributed by atoms with Gasteiger partial charge in [-0.3, -0.25) is 14.4 Å². The first-order valence-electron chi connectivity index (χ1n) is 7.26. The molecule has 1 aliphatic heterocycles. The highest BCUT2D eigenvalue weighted by Crippen LogP contribution is 2.57. The van der Waals surface area contributed by atoms with Gasteiger partial charge in [-0.05, 0) is 0 Å². The van der Waals surface area contributed by atoms with Gasteiger partial charge in [0.25, 0.3) is 0 Å². The third-order valence-electron chi connectivity index (χ3n) is 3.64. The van der Waals surface area contributed by atoms with E-state index in [-0.39, 0.29) is 12.3 Å². The number of carbonyl (C=O) groups excluding carboxylic acids is 3. The topological polar surface area (TPSA) is 105 Å². The van der Waals surface area contributed by atoms with Crippen LogP contribution >= 0.6 is 7.14 Å². The molecule has 0 aromatic carbocycles. The lowest BCUT2D eigenvalue weighted by atomic mass is 10.1. The van der Waals surface area contributed by atoms with Crippen molar-refractivity contribution in [1.82, 2.24) is 0 Å². The van der Waals surface area contributed by atoms with E-state index < -0.39 is 49.2 Å². The second kappa shape index (κ2) is 7.93. The number of ether oxygens (including phenoxy) is 4. The Morgan fingerprint density at radius 2 is 1.48 bits per heavy atom. The van der Waals surface area contributed by atoms with Crippen LogP contribution in [0.1, 0.15) is 27.7 Å². The summed E-state index contributed by atoms with van der Waals surface area (Å²) < 4.78 is 34.1. The fourth-order valence-corrected chi connectivity index (χ4v) is 5.54. The third-order valence-corrected chi connectivity index (χ3v) is 7.01. The van der Waals surface area contributed by atoms with Gasteiger partial charge < -0.3 is 23.5 Å². The largest absolute Gasteiger partial charge is 0.459 e. The summed E-state index contributed by atoms with van der Waals surface area (Å²) in [5.41, 5.74) is 0. The van der Waals surface area contributed by atoms with Crippen molar-refractivity contribution in [3.8, 4) is 0 Å². The van der Waals surface area contributed by atoms with Crippen LogP contribution in [0.15, 0.2) is 0 Å². The molecular formula is C14H23O8P. The predicted octanol–water partition coefficient (Wildman–Crippen LogP) is 1.15. The highest BCUT2D eigenvalue weighted by Gasteiger charge is 2.55. The van der Waals surface area contributed by atoms with Crippen molar-refractivity contribution < 1.29 is 37.9 Å². The minimum Gasteiger partial charge on any atom is -0.459 e. The normalized spacial score (nSPS) is 33.6. The second-order valence-electron chi connectivity index (χ2n) is 5.37. The van der Waals surface area contributed by atoms with Gasteiger partial charge in [-0.2, -0.15) is 0 Å². The van der Waals surface area contributed by atoms with Gasteiger partial charge in [0.2, 0.25) is 0 Å². The zero-order valence-corrected chi connectivity index (χ0v) is 14.8. The molecule has 0 bridgehead atoms. The molecule has 9 heteroatoms. The molecule has 0 amide bonds. The van der Waals surface area contributed by atoms with E-state index in [1.807, 2.05) is 0 Å². The molecule has 1 rings (SSSR count). The minimum absolute atomic E-state index is 0.00268. The van der Waals surface area contributed by atoms with Crippen molar-refractivity contribution in [3.63, 3.8) is 0 Å². The lowest BCUT2D eigenvalue weighted by molar-refractivity contribution is -0.184. The highest BCUT2D eigenvalue weighted by atomic mass is 31.2. The summed E-state index contributed by atoms with van der Waals surface area (Å²) in [6.45, 7) is 5.28. The van der Waals surface area contributed by atoms with E-state index in [1.54, 1.807) is 6.92 Å². The Morgan fingerprint density at radius 3 is 1.87 bits per heavy atom. The molecule has 5 atom stereocenters. The van der Waals surface area contributed by atoms with Gasteiger partial charge in [0.15, 0.2) is 11.9 Å². The lowest BCUT2D eigenvalue weighted by Gasteiger charge is -2.43. The summed E-state index contributed by atoms with van der Waals surface area (Å²) in [6.07, 6.45) is -2.63. The lowest BCUT2D eigenvalue weighted by Crippen LogP contribution is -2.56. The van der Waals surface area contributed by atoms with Crippen LogP contribution in [0.4, 0.5) is 0 Å². The molecule has 1 aliphatic rings. The van der Waals surface area contributed by atoms with E-state index in [9.17, 15) is 18.9 Å². The van der Waals surface area contributed by atoms with Crippen LogP contribution in [0.25, 0.3) is 0 Å². The average Bonchev–Trinajstić information content (AvgIpc) is 2.42. The number of methoxy groups -OCH3 is 1. The third kappa shape index (κ3) is 4.78. The Labute approximate surface area is 135 Å². The Morgan fingerprint density at radius 1 is 0.957 bits per heavy atom. The molecule has 1 saturated heterocycles. The van der Waals surface area contributed by atoms with Crippen molar-refractivity contribution in [2.75, 3.05) is 19.4 Å². The van der Waals surface area contributed by atoms with Crippen molar-refractivity contribution in [3.05, 3.63) is 0 Å². The SMILES string of the molecule is CC[P@]1(=O)C[C@@H](OC(C)=O)[C@H](OC)[C@@H](OC(C)=O)[C@@H]1OC(C)=O. The van der Waals surface area contributed by atoms with Crippen LogP contribution in [0.3, 0.4) is 0 Å². The molecule has 0 aliphatic carbocycles. The molecule has 0 saturated carbocycles. The molecular weight excluding hydrogens is 327 g/mol. The van der Waals surface area contributed by atoms with Crippen LogP contribution in [0.5, 0.6) is 0 Å². The van der Waals surface area contributed by atoms with Gasteiger partial charge in [-0.15, -0.1) is 0 Å². The van der Waals surface area contributed by atoms with Crippen LogP contribution in [-0.2, 0) is 37.9 Å². The smallest absolute Gasteiger partial charge is 0.303 e. The quantitative estimate of drug-likeness (QED) is 0.413. The number of carbonyl (C=O) groups is 3. The second-order valence-corrected chi connectivity index (χ2v) is 8.78. The fraction of sp³-hybridized carbons (Fsp3) is 0.786. The first-order chi connectivity index (χ1) is 10.6. The van der Waals surface area contributed by atoms with Crippen molar-refractivity contribution in [2.24, 2.45) is 0 Å². The van der Waals surface area contributed by atoms with E-state index >= 15 is 0 Å². The van der Waals surface area contributed by atoms with Crippen LogP contribution < -0.4 is 0 Å². The van der Waals surface area contributed by atoms with E-state index in [0.717, 1.165) is 0 Å². The first-order valence-corrected chi connectivity index (χ1v) is 9.41. The molecule has 0 N–H and O–H groups in total. The Balaban J connectivity index is 3.28. The molecule has 23 heavy (non-hydrogen) atoms. The summed E-state index contributed by atoms with van der Waals surface area (Å²) in [6, 6.07) is 0. The van der Waals surface area contributed by atoms with Crippen molar-refractivity contribution in [2.45, 2.75) is 51.9 Å². The number of esters is 3. The standard InChI is InChI=1S/C14H23O8P/c1-6-23(18)7-11(20-8(2)15)12(19-5)13(21-9(3)16)14(23)22-10(4)17/h11-14H,6-7H2,1-5H3/t11-,12+,13-,14-,23+/m1/s1. The van der Waals surface area contributed by atoms with Crippen molar-refractivity contribution in [1.29, 1.82) is 0 Å². The van der Waals surface area contributed by atoms with Gasteiger partial charge in [-0.1, -0.05) is 6.92 Å². The van der Waals surface area contributed by atoms with Crippen LogP contribution in [-0.4, -0.2) is 61.5 Å². The Bertz CT molecular complexity index is 517. The minimum atomic E-state index is -3.11. The maximum Gasteiger partial charge on any atom is 0.303 e. The van der Waals surface area contributed by atoms with Crippen LogP contribution in [0.2, 0.25) is 0 Å². The molecule has 0 aromatic heterocycles. The molecule has 0 spiro atoms. The summed E-state index contributed by atoms with van der Waals surface area (Å²) >= 11 is 0. The predicted molar refractivity (Wildman–Crippen MR) is 80.5 cm³/mol. The van der Waals surface area contributed by atoms with Crippen LogP contribution in [0, 0.1) is 0 Å². The summed E-state index contributed by atoms with van der Waals surface area (Å²) in [4.78, 5) is 34.1. The number of hydrogen-bond donors (Lipinski definition) is 0. The monoisotopic (exact) mass is 350 g/mol. The van der Waals surface area contributed by atoms with Gasteiger partial charge in [0.1, 0.15) is 19.3 Å². The van der Waals surface area contributed by atoms with Crippen molar-refractivity contribution >= 4 is 25.0 Å². The zero-order valence-electron chi connectivity index (χ0n) is 13.9. The highest BCUT2D eigenvalue weighted by molar-refractivity contribution is 7.64. The van der Waals surface area contributed by atoms with E-state index in [1.165, 1.54) is 27.9 Å². The summed E-state index contributed by atoms with van der Waals surface area (Å²) in [5, 5.41) is 0. The molecule has 0 unspecified atom stereocenters. The molecule has 0 radical (unpaired) electrons. The average molecular weight is 350 g/mol. The van der Waals surface area contributed by atoms with Gasteiger partial charge >= 0.3 is 17.9 Å². The maximum absolute atomic E-state index is 13.2. The zero-order chi connectivity index (χ0) is 17.8. The number of hydrogen-bond acceptors (Lipinski definition) is 8. The summed E-state index contributed by atoms with van der Waals surface area (Å²) in [7, 11) is -1.76. The molecule has 132 valence electrons. The number of rotatable bonds is 5. The van der Waals surface area contributed by atoms with Gasteiger partial charge in [0.05, 0.1) is 0 Å². The Kier molecular flexibility index (Phi) is 6.77.